The van der Waals surface area contributed by atoms with Gasteiger partial charge in [-0.1, -0.05) is 46.2 Å². The summed E-state index contributed by atoms with van der Waals surface area (Å²) in [5, 5.41) is 18.9. The van der Waals surface area contributed by atoms with Gasteiger partial charge >= 0.3 is 0 Å². The number of para-hydroxylation sites is 2. The topological polar surface area (TPSA) is 53.9 Å². The first-order chi connectivity index (χ1) is 9.86. The summed E-state index contributed by atoms with van der Waals surface area (Å²) in [6.45, 7) is 9.55. The average molecular weight is 289 g/mol. The fraction of sp³-hybridized carbons (Fsp3) is 0.588. The standard InChI is InChI=1S/C17H27N3O/c1-5-6-11-19-13-9-7-8-10-14(13)20(16(19)18)12-15(21)17(2,3)4/h7-10,15,18,21H,5-6,11-12H2,1-4H3/t15-/m1/s1. The Bertz CT molecular complexity index is 661. The fourth-order valence-electron chi connectivity index (χ4n) is 2.47. The first-order valence-electron chi connectivity index (χ1n) is 7.77. The van der Waals surface area contributed by atoms with Crippen LogP contribution in [-0.2, 0) is 13.1 Å². The molecule has 0 amide bonds. The maximum Gasteiger partial charge on any atom is 0.203 e. The van der Waals surface area contributed by atoms with Crippen LogP contribution >= 0.6 is 0 Å². The molecule has 0 radical (unpaired) electrons. The smallest absolute Gasteiger partial charge is 0.203 e. The van der Waals surface area contributed by atoms with Crippen LogP contribution in [0, 0.1) is 10.8 Å². The van der Waals surface area contributed by atoms with E-state index in [2.05, 4.69) is 13.0 Å². The Morgan fingerprint density at radius 3 is 2.24 bits per heavy atom. The predicted molar refractivity (Wildman–Crippen MR) is 86.2 cm³/mol. The van der Waals surface area contributed by atoms with Crippen molar-refractivity contribution < 1.29 is 5.11 Å². The van der Waals surface area contributed by atoms with Gasteiger partial charge in [-0.2, -0.15) is 0 Å². The lowest BCUT2D eigenvalue weighted by molar-refractivity contribution is 0.0477. The molecule has 0 spiro atoms. The number of aliphatic hydroxyl groups is 1. The van der Waals surface area contributed by atoms with E-state index in [0.29, 0.717) is 12.2 Å². The highest BCUT2D eigenvalue weighted by molar-refractivity contribution is 5.75. The molecule has 2 aromatic rings. The summed E-state index contributed by atoms with van der Waals surface area (Å²) in [6.07, 6.45) is 1.69. The minimum absolute atomic E-state index is 0.188. The zero-order valence-electron chi connectivity index (χ0n) is 13.6. The van der Waals surface area contributed by atoms with Gasteiger partial charge < -0.3 is 14.2 Å². The van der Waals surface area contributed by atoms with Crippen LogP contribution in [0.3, 0.4) is 0 Å². The third-order valence-electron chi connectivity index (χ3n) is 4.07. The molecule has 1 aromatic carbocycles. The maximum absolute atomic E-state index is 10.4. The second kappa shape index (κ2) is 6.06. The molecule has 2 rings (SSSR count). The lowest BCUT2D eigenvalue weighted by atomic mass is 9.89. The van der Waals surface area contributed by atoms with Crippen molar-refractivity contribution in [3.63, 3.8) is 0 Å². The molecule has 2 N–H and O–H groups in total. The van der Waals surface area contributed by atoms with Gasteiger partial charge in [0.15, 0.2) is 0 Å². The minimum Gasteiger partial charge on any atom is -0.391 e. The Morgan fingerprint density at radius 2 is 1.71 bits per heavy atom. The normalized spacial score (nSPS) is 13.8. The number of rotatable bonds is 5. The van der Waals surface area contributed by atoms with Gasteiger partial charge in [0, 0.05) is 6.54 Å². The second-order valence-electron chi connectivity index (χ2n) is 6.81. The number of imidazole rings is 1. The molecule has 0 aliphatic carbocycles. The van der Waals surface area contributed by atoms with Crippen molar-refractivity contribution in [1.29, 1.82) is 5.41 Å². The highest BCUT2D eigenvalue weighted by Gasteiger charge is 2.24. The molecule has 0 bridgehead atoms. The Hall–Kier alpha value is -1.55. The molecule has 21 heavy (non-hydrogen) atoms. The van der Waals surface area contributed by atoms with Crippen molar-refractivity contribution in [2.24, 2.45) is 5.41 Å². The van der Waals surface area contributed by atoms with Gasteiger partial charge in [-0.3, -0.25) is 5.41 Å². The number of benzene rings is 1. The number of aryl methyl sites for hydroxylation is 1. The quantitative estimate of drug-likeness (QED) is 0.873. The van der Waals surface area contributed by atoms with Gasteiger partial charge in [0.05, 0.1) is 23.7 Å². The van der Waals surface area contributed by atoms with E-state index in [9.17, 15) is 5.11 Å². The van der Waals surface area contributed by atoms with E-state index in [4.69, 9.17) is 5.41 Å². The Morgan fingerprint density at radius 1 is 1.14 bits per heavy atom. The van der Waals surface area contributed by atoms with Crippen molar-refractivity contribution in [1.82, 2.24) is 9.13 Å². The highest BCUT2D eigenvalue weighted by atomic mass is 16.3. The van der Waals surface area contributed by atoms with Crippen molar-refractivity contribution in [3.05, 3.63) is 29.9 Å². The number of hydrogen-bond acceptors (Lipinski definition) is 2. The van der Waals surface area contributed by atoms with Crippen LogP contribution in [-0.4, -0.2) is 20.3 Å². The molecular formula is C17H27N3O. The van der Waals surface area contributed by atoms with Crippen LogP contribution in [0.4, 0.5) is 0 Å². The maximum atomic E-state index is 10.4. The van der Waals surface area contributed by atoms with E-state index in [0.717, 1.165) is 30.4 Å². The average Bonchev–Trinajstić information content (AvgIpc) is 2.69. The number of unbranched alkanes of at least 4 members (excludes halogenated alkanes) is 1. The van der Waals surface area contributed by atoms with Gasteiger partial charge in [-0.05, 0) is 24.0 Å². The molecule has 0 aliphatic heterocycles. The summed E-state index contributed by atoms with van der Waals surface area (Å²) in [4.78, 5) is 0. The molecule has 1 heterocycles. The van der Waals surface area contributed by atoms with E-state index in [-0.39, 0.29) is 5.41 Å². The summed E-state index contributed by atoms with van der Waals surface area (Å²) in [5.41, 5.74) is 2.40. The molecule has 116 valence electrons. The third kappa shape index (κ3) is 3.21. The monoisotopic (exact) mass is 289 g/mol. The van der Waals surface area contributed by atoms with Gasteiger partial charge in [-0.15, -0.1) is 0 Å². The van der Waals surface area contributed by atoms with Gasteiger partial charge in [-0.25, -0.2) is 0 Å². The summed E-state index contributed by atoms with van der Waals surface area (Å²) in [6, 6.07) is 8.09. The molecule has 1 atom stereocenters. The van der Waals surface area contributed by atoms with Crippen LogP contribution in [0.1, 0.15) is 40.5 Å². The van der Waals surface area contributed by atoms with Gasteiger partial charge in [0.1, 0.15) is 0 Å². The molecule has 1 aromatic heterocycles. The highest BCUT2D eigenvalue weighted by Crippen LogP contribution is 2.22. The summed E-state index contributed by atoms with van der Waals surface area (Å²) < 4.78 is 3.98. The van der Waals surface area contributed by atoms with E-state index in [1.165, 1.54) is 0 Å². The second-order valence-corrected chi connectivity index (χ2v) is 6.81. The zero-order valence-corrected chi connectivity index (χ0v) is 13.6. The zero-order chi connectivity index (χ0) is 15.6. The number of hydrogen-bond donors (Lipinski definition) is 2. The van der Waals surface area contributed by atoms with Crippen molar-refractivity contribution in [2.75, 3.05) is 0 Å². The Balaban J connectivity index is 2.48. The van der Waals surface area contributed by atoms with Crippen molar-refractivity contribution in [3.8, 4) is 0 Å². The number of nitrogens with zero attached hydrogens (tertiary/aromatic N) is 2. The minimum atomic E-state index is -0.475. The first kappa shape index (κ1) is 15.8. The number of aliphatic hydroxyl groups excluding tert-OH is 1. The summed E-state index contributed by atoms with van der Waals surface area (Å²) in [5.74, 6) is 0. The largest absolute Gasteiger partial charge is 0.391 e. The number of aromatic nitrogens is 2. The predicted octanol–water partition coefficient (Wildman–Crippen LogP) is 3.13. The Labute approximate surface area is 126 Å². The van der Waals surface area contributed by atoms with Gasteiger partial charge in [0.25, 0.3) is 0 Å². The number of fused-ring (bicyclic) bond motifs is 1. The van der Waals surface area contributed by atoms with Gasteiger partial charge in [0.2, 0.25) is 5.62 Å². The molecule has 4 nitrogen and oxygen atoms in total. The SMILES string of the molecule is CCCCn1c(=N)n(C[C@@H](O)C(C)(C)C)c2ccccc21. The van der Waals surface area contributed by atoms with E-state index in [1.54, 1.807) is 0 Å². The van der Waals surface area contributed by atoms with Crippen LogP contribution in [0.15, 0.2) is 24.3 Å². The van der Waals surface area contributed by atoms with Crippen molar-refractivity contribution >= 4 is 11.0 Å². The molecule has 0 saturated carbocycles. The number of nitrogens with one attached hydrogen (secondary N) is 1. The van der Waals surface area contributed by atoms with Crippen molar-refractivity contribution in [2.45, 2.75) is 59.7 Å². The Kier molecular flexibility index (Phi) is 4.57. The molecular weight excluding hydrogens is 262 g/mol. The lowest BCUT2D eigenvalue weighted by Gasteiger charge is -2.26. The van der Waals surface area contributed by atoms with E-state index in [1.807, 2.05) is 48.1 Å². The van der Waals surface area contributed by atoms with Crippen LogP contribution < -0.4 is 5.62 Å². The van der Waals surface area contributed by atoms with E-state index >= 15 is 0 Å². The fourth-order valence-corrected chi connectivity index (χ4v) is 2.47. The molecule has 0 unspecified atom stereocenters. The van der Waals surface area contributed by atoms with Crippen LogP contribution in [0.2, 0.25) is 0 Å². The molecule has 0 fully saturated rings. The van der Waals surface area contributed by atoms with Crippen LogP contribution in [0.5, 0.6) is 0 Å². The summed E-state index contributed by atoms with van der Waals surface area (Å²) >= 11 is 0. The molecule has 4 heteroatoms. The van der Waals surface area contributed by atoms with Crippen LogP contribution in [0.25, 0.3) is 11.0 Å². The first-order valence-corrected chi connectivity index (χ1v) is 7.77. The van der Waals surface area contributed by atoms with E-state index < -0.39 is 6.10 Å². The molecule has 0 aliphatic rings. The lowest BCUT2D eigenvalue weighted by Crippen LogP contribution is -2.35. The third-order valence-corrected chi connectivity index (χ3v) is 4.07. The summed E-state index contributed by atoms with van der Waals surface area (Å²) in [7, 11) is 0. The molecule has 0 saturated heterocycles.